The minimum atomic E-state index is -4.44. The lowest BCUT2D eigenvalue weighted by atomic mass is 9.77. The minimum absolute atomic E-state index is 0.119. The molecule has 0 spiro atoms. The van der Waals surface area contributed by atoms with Crippen LogP contribution in [0.4, 0.5) is 13.2 Å². The summed E-state index contributed by atoms with van der Waals surface area (Å²) in [7, 11) is 0. The van der Waals surface area contributed by atoms with Crippen molar-refractivity contribution in [3.05, 3.63) is 29.8 Å². The third-order valence-electron chi connectivity index (χ3n) is 3.74. The summed E-state index contributed by atoms with van der Waals surface area (Å²) in [5.41, 5.74) is 0.693. The second kappa shape index (κ2) is 6.32. The van der Waals surface area contributed by atoms with E-state index in [1.54, 1.807) is 12.1 Å². The van der Waals surface area contributed by atoms with Gasteiger partial charge in [0, 0.05) is 12.3 Å². The van der Waals surface area contributed by atoms with E-state index in [0.29, 0.717) is 5.56 Å². The zero-order valence-corrected chi connectivity index (χ0v) is 13.5. The lowest BCUT2D eigenvalue weighted by Gasteiger charge is -2.38. The summed E-state index contributed by atoms with van der Waals surface area (Å²) < 4.78 is 40.5. The molecule has 0 aliphatic heterocycles. The summed E-state index contributed by atoms with van der Waals surface area (Å²) in [4.78, 5) is 22.8. The van der Waals surface area contributed by atoms with Gasteiger partial charge in [0.1, 0.15) is 5.75 Å². The molecule has 0 aromatic heterocycles. The molecule has 1 aliphatic carbocycles. The zero-order chi connectivity index (χ0) is 17.4. The molecule has 1 fully saturated rings. The van der Waals surface area contributed by atoms with Gasteiger partial charge in [-0.15, -0.1) is 0 Å². The molecule has 2 unspecified atom stereocenters. The number of ether oxygens (including phenoxy) is 1. The smallest absolute Gasteiger partial charge is 0.392 e. The van der Waals surface area contributed by atoms with Gasteiger partial charge in [0.2, 0.25) is 0 Å². The predicted molar refractivity (Wildman–Crippen MR) is 78.7 cm³/mol. The molecule has 8 heteroatoms. The van der Waals surface area contributed by atoms with Crippen molar-refractivity contribution < 1.29 is 27.5 Å². The van der Waals surface area contributed by atoms with Gasteiger partial charge >= 0.3 is 12.1 Å². The maximum atomic E-state index is 12.4. The van der Waals surface area contributed by atoms with Gasteiger partial charge in [-0.2, -0.15) is 13.2 Å². The molecule has 1 aromatic carbocycles. The highest BCUT2D eigenvalue weighted by atomic mass is 35.5. The predicted octanol–water partition coefficient (Wildman–Crippen LogP) is 4.41. The maximum absolute atomic E-state index is 12.4. The number of esters is 1. The molecule has 2 rings (SSSR count). The molecule has 1 saturated carbocycles. The Morgan fingerprint density at radius 2 is 1.91 bits per heavy atom. The first kappa shape index (κ1) is 18.1. The molecule has 0 radical (unpaired) electrons. The Bertz CT molecular complexity index is 611. The molecular formula is C15H13Cl2F3O3. The summed E-state index contributed by atoms with van der Waals surface area (Å²) in [6.07, 6.45) is -4.98. The van der Waals surface area contributed by atoms with Crippen molar-refractivity contribution in [1.29, 1.82) is 0 Å². The summed E-state index contributed by atoms with van der Waals surface area (Å²) >= 11 is 11.8. The Balaban J connectivity index is 1.96. The number of alkyl halides is 5. The standard InChI is InChI=1S/C15H13Cl2F3O3/c1-8(15(18,19)20)6-13(22)23-10-4-2-9(3-5-10)11-7-12(21)14(11,16)17/h2-5,8,11H,6-7H2,1H3. The fourth-order valence-corrected chi connectivity index (χ4v) is 2.71. The molecule has 3 nitrogen and oxygen atoms in total. The number of ketones is 1. The highest BCUT2D eigenvalue weighted by Gasteiger charge is 2.53. The highest BCUT2D eigenvalue weighted by molar-refractivity contribution is 6.61. The van der Waals surface area contributed by atoms with E-state index in [9.17, 15) is 22.8 Å². The van der Waals surface area contributed by atoms with E-state index < -0.39 is 28.8 Å². The minimum Gasteiger partial charge on any atom is -0.427 e. The van der Waals surface area contributed by atoms with E-state index in [0.717, 1.165) is 6.92 Å². The average molecular weight is 369 g/mol. The third kappa shape index (κ3) is 3.98. The summed E-state index contributed by atoms with van der Waals surface area (Å²) in [6, 6.07) is 6.01. The van der Waals surface area contributed by atoms with Crippen LogP contribution in [0, 0.1) is 5.92 Å². The van der Waals surface area contributed by atoms with E-state index in [1.165, 1.54) is 12.1 Å². The lowest BCUT2D eigenvalue weighted by Crippen LogP contribution is -2.45. The van der Waals surface area contributed by atoms with Crippen LogP contribution in [0.15, 0.2) is 24.3 Å². The van der Waals surface area contributed by atoms with Crippen LogP contribution in [-0.4, -0.2) is 22.3 Å². The fourth-order valence-electron chi connectivity index (χ4n) is 2.15. The van der Waals surface area contributed by atoms with Crippen molar-refractivity contribution >= 4 is 35.0 Å². The fraction of sp³-hybridized carbons (Fsp3) is 0.467. The first-order valence-corrected chi connectivity index (χ1v) is 7.56. The number of hydrogen-bond donors (Lipinski definition) is 0. The molecule has 126 valence electrons. The van der Waals surface area contributed by atoms with Gasteiger partial charge in [0.25, 0.3) is 0 Å². The van der Waals surface area contributed by atoms with Crippen molar-refractivity contribution in [3.8, 4) is 5.75 Å². The second-order valence-corrected chi connectivity index (χ2v) is 6.88. The first-order chi connectivity index (χ1) is 10.5. The topological polar surface area (TPSA) is 43.4 Å². The molecule has 1 aromatic rings. The van der Waals surface area contributed by atoms with Crippen LogP contribution < -0.4 is 4.74 Å². The Morgan fingerprint density at radius 3 is 2.35 bits per heavy atom. The molecule has 0 amide bonds. The molecular weight excluding hydrogens is 356 g/mol. The summed E-state index contributed by atoms with van der Waals surface area (Å²) in [5, 5.41) is 0. The van der Waals surface area contributed by atoms with Gasteiger partial charge in [-0.1, -0.05) is 42.3 Å². The average Bonchev–Trinajstić information content (AvgIpc) is 2.44. The van der Waals surface area contributed by atoms with E-state index in [-0.39, 0.29) is 23.9 Å². The lowest BCUT2D eigenvalue weighted by molar-refractivity contribution is -0.177. The molecule has 0 saturated heterocycles. The normalized spacial score (nSPS) is 21.5. The zero-order valence-electron chi connectivity index (χ0n) is 12.0. The van der Waals surface area contributed by atoms with Gasteiger partial charge in [0.05, 0.1) is 12.3 Å². The summed E-state index contributed by atoms with van der Waals surface area (Å²) in [5.74, 6) is -3.24. The Kier molecular flexibility index (Phi) is 4.97. The number of carbonyl (C=O) groups excluding carboxylic acids is 2. The van der Waals surface area contributed by atoms with Crippen LogP contribution in [0.25, 0.3) is 0 Å². The van der Waals surface area contributed by atoms with Crippen molar-refractivity contribution in [2.75, 3.05) is 0 Å². The monoisotopic (exact) mass is 368 g/mol. The number of hydrogen-bond acceptors (Lipinski definition) is 3. The van der Waals surface area contributed by atoms with Gasteiger partial charge in [-0.05, 0) is 17.7 Å². The molecule has 1 aliphatic rings. The maximum Gasteiger partial charge on any atom is 0.392 e. The number of halogens is 5. The molecule has 23 heavy (non-hydrogen) atoms. The largest absolute Gasteiger partial charge is 0.427 e. The molecule has 0 heterocycles. The van der Waals surface area contributed by atoms with Gasteiger partial charge in [-0.25, -0.2) is 0 Å². The van der Waals surface area contributed by atoms with Crippen molar-refractivity contribution in [2.24, 2.45) is 5.92 Å². The Morgan fingerprint density at radius 1 is 1.35 bits per heavy atom. The Hall–Kier alpha value is -1.27. The third-order valence-corrected chi connectivity index (χ3v) is 4.69. The number of carbonyl (C=O) groups is 2. The first-order valence-electron chi connectivity index (χ1n) is 6.80. The van der Waals surface area contributed by atoms with Gasteiger partial charge < -0.3 is 4.74 Å². The van der Waals surface area contributed by atoms with Crippen molar-refractivity contribution in [3.63, 3.8) is 0 Å². The van der Waals surface area contributed by atoms with Gasteiger partial charge in [-0.3, -0.25) is 9.59 Å². The van der Waals surface area contributed by atoms with Crippen LogP contribution in [0.3, 0.4) is 0 Å². The van der Waals surface area contributed by atoms with Crippen LogP contribution in [0.2, 0.25) is 0 Å². The molecule has 0 N–H and O–H groups in total. The van der Waals surface area contributed by atoms with Crippen molar-refractivity contribution in [2.45, 2.75) is 36.2 Å². The molecule has 0 bridgehead atoms. The second-order valence-electron chi connectivity index (χ2n) is 5.49. The van der Waals surface area contributed by atoms with Crippen molar-refractivity contribution in [1.82, 2.24) is 0 Å². The molecule has 2 atom stereocenters. The van der Waals surface area contributed by atoms with Crippen LogP contribution in [0.5, 0.6) is 5.75 Å². The SMILES string of the molecule is CC(CC(=O)Oc1ccc(C2CC(=O)C2(Cl)Cl)cc1)C(F)(F)F. The van der Waals surface area contributed by atoms with Crippen LogP contribution in [-0.2, 0) is 9.59 Å². The highest BCUT2D eigenvalue weighted by Crippen LogP contribution is 2.50. The summed E-state index contributed by atoms with van der Waals surface area (Å²) in [6.45, 7) is 0.915. The quantitative estimate of drug-likeness (QED) is 0.449. The Labute approximate surface area is 140 Å². The van der Waals surface area contributed by atoms with Crippen LogP contribution >= 0.6 is 23.2 Å². The number of benzene rings is 1. The van der Waals surface area contributed by atoms with E-state index in [1.807, 2.05) is 0 Å². The number of rotatable bonds is 4. The van der Waals surface area contributed by atoms with Gasteiger partial charge in [0.15, 0.2) is 10.1 Å². The van der Waals surface area contributed by atoms with E-state index in [2.05, 4.69) is 0 Å². The number of Topliss-reactive ketones (excluding diaryl/α,β-unsaturated/α-hetero) is 1. The van der Waals surface area contributed by atoms with E-state index in [4.69, 9.17) is 27.9 Å². The van der Waals surface area contributed by atoms with E-state index >= 15 is 0 Å². The van der Waals surface area contributed by atoms with Crippen LogP contribution in [0.1, 0.15) is 31.2 Å².